The Morgan fingerprint density at radius 2 is 2.16 bits per heavy atom. The van der Waals surface area contributed by atoms with E-state index in [1.54, 1.807) is 6.92 Å². The van der Waals surface area contributed by atoms with Crippen molar-refractivity contribution in [1.82, 2.24) is 20.2 Å². The van der Waals surface area contributed by atoms with Crippen LogP contribution in [-0.2, 0) is 17.1 Å². The van der Waals surface area contributed by atoms with Crippen molar-refractivity contribution in [1.29, 1.82) is 5.26 Å². The van der Waals surface area contributed by atoms with Gasteiger partial charge in [-0.25, -0.2) is 13.1 Å². The van der Waals surface area contributed by atoms with E-state index in [0.717, 1.165) is 4.80 Å². The molecule has 1 N–H and O–H groups in total. The third-order valence-electron chi connectivity index (χ3n) is 2.33. The monoisotopic (exact) mass is 278 g/mol. The Bertz CT molecular complexity index is 759. The second-order valence-corrected chi connectivity index (χ2v) is 5.45. The summed E-state index contributed by atoms with van der Waals surface area (Å²) in [6, 6.07) is 6.25. The van der Waals surface area contributed by atoms with Crippen LogP contribution in [0.3, 0.4) is 0 Å². The maximum atomic E-state index is 12.1. The van der Waals surface area contributed by atoms with Crippen LogP contribution in [0.4, 0.5) is 5.95 Å². The second-order valence-electron chi connectivity index (χ2n) is 3.80. The molecule has 0 radical (unpaired) electrons. The average molecular weight is 278 g/mol. The standard InChI is InChI=1S/C10H10N6O2S/c1-7-5-8(6-11)3-4-9(7)19(17,18)14-10-12-15-16(2)13-10/h3-5H,1-2H3,(H,13,14). The van der Waals surface area contributed by atoms with E-state index in [1.807, 2.05) is 6.07 Å². The topological polar surface area (TPSA) is 114 Å². The Kier molecular flexibility index (Phi) is 3.18. The van der Waals surface area contributed by atoms with Gasteiger partial charge in [0.2, 0.25) is 0 Å². The summed E-state index contributed by atoms with van der Waals surface area (Å²) in [4.78, 5) is 1.21. The van der Waals surface area contributed by atoms with Crippen molar-refractivity contribution in [2.45, 2.75) is 11.8 Å². The van der Waals surface area contributed by atoms with Crippen LogP contribution in [0, 0.1) is 18.3 Å². The van der Waals surface area contributed by atoms with Crippen molar-refractivity contribution in [2.75, 3.05) is 4.72 Å². The Balaban J connectivity index is 2.37. The van der Waals surface area contributed by atoms with Gasteiger partial charge in [0.15, 0.2) is 0 Å². The molecule has 0 amide bonds. The number of benzene rings is 1. The SMILES string of the molecule is Cc1cc(C#N)ccc1S(=O)(=O)Nc1nnn(C)n1. The summed E-state index contributed by atoms with van der Waals surface area (Å²) in [5.41, 5.74) is 0.865. The van der Waals surface area contributed by atoms with Crippen LogP contribution < -0.4 is 4.72 Å². The van der Waals surface area contributed by atoms with E-state index in [4.69, 9.17) is 5.26 Å². The van der Waals surface area contributed by atoms with E-state index < -0.39 is 10.0 Å². The van der Waals surface area contributed by atoms with Crippen LogP contribution in [0.25, 0.3) is 0 Å². The summed E-state index contributed by atoms with van der Waals surface area (Å²) in [5.74, 6) is -0.105. The largest absolute Gasteiger partial charge is 0.277 e. The van der Waals surface area contributed by atoms with Crippen LogP contribution in [0.5, 0.6) is 0 Å². The third-order valence-corrected chi connectivity index (χ3v) is 3.82. The molecule has 0 aliphatic rings. The normalized spacial score (nSPS) is 11.0. The van der Waals surface area contributed by atoms with Crippen molar-refractivity contribution in [3.05, 3.63) is 29.3 Å². The number of hydrogen-bond acceptors (Lipinski definition) is 6. The molecule has 0 atom stereocenters. The molecular formula is C10H10N6O2S. The van der Waals surface area contributed by atoms with Crippen LogP contribution in [-0.4, -0.2) is 28.6 Å². The molecule has 1 heterocycles. The molecule has 0 unspecified atom stereocenters. The summed E-state index contributed by atoms with van der Waals surface area (Å²) < 4.78 is 26.5. The van der Waals surface area contributed by atoms with Gasteiger partial charge in [0.05, 0.1) is 23.6 Å². The quantitative estimate of drug-likeness (QED) is 0.857. The summed E-state index contributed by atoms with van der Waals surface area (Å²) in [7, 11) is -2.27. The minimum absolute atomic E-state index is 0.0685. The molecular weight excluding hydrogens is 268 g/mol. The van der Waals surface area contributed by atoms with Crippen molar-refractivity contribution in [3.63, 3.8) is 0 Å². The van der Waals surface area contributed by atoms with Gasteiger partial charge >= 0.3 is 0 Å². The van der Waals surface area contributed by atoms with Crippen molar-refractivity contribution in [2.24, 2.45) is 7.05 Å². The summed E-state index contributed by atoms with van der Waals surface area (Å²) in [5, 5.41) is 19.6. The number of anilines is 1. The highest BCUT2D eigenvalue weighted by Gasteiger charge is 2.19. The first kappa shape index (κ1) is 13.0. The number of sulfonamides is 1. The minimum Gasteiger partial charge on any atom is -0.245 e. The smallest absolute Gasteiger partial charge is 0.245 e. The maximum absolute atomic E-state index is 12.1. The highest BCUT2D eigenvalue weighted by Crippen LogP contribution is 2.18. The average Bonchev–Trinajstić information content (AvgIpc) is 2.73. The van der Waals surface area contributed by atoms with E-state index in [0.29, 0.717) is 11.1 Å². The minimum atomic E-state index is -3.79. The molecule has 1 aromatic carbocycles. The number of nitrogens with one attached hydrogen (secondary N) is 1. The number of rotatable bonds is 3. The second kappa shape index (κ2) is 4.66. The highest BCUT2D eigenvalue weighted by molar-refractivity contribution is 7.92. The number of hydrogen-bond donors (Lipinski definition) is 1. The lowest BCUT2D eigenvalue weighted by Gasteiger charge is -2.07. The summed E-state index contributed by atoms with van der Waals surface area (Å²) in [6.45, 7) is 1.61. The Morgan fingerprint density at radius 3 is 2.68 bits per heavy atom. The van der Waals surface area contributed by atoms with Crippen LogP contribution in [0.1, 0.15) is 11.1 Å². The lowest BCUT2D eigenvalue weighted by Crippen LogP contribution is -2.15. The zero-order chi connectivity index (χ0) is 14.0. The number of aryl methyl sites for hydroxylation is 2. The molecule has 2 rings (SSSR count). The van der Waals surface area contributed by atoms with Gasteiger partial charge in [0.1, 0.15) is 0 Å². The lowest BCUT2D eigenvalue weighted by atomic mass is 10.2. The first-order valence-corrected chi connectivity index (χ1v) is 6.68. The van der Waals surface area contributed by atoms with Gasteiger partial charge < -0.3 is 0 Å². The van der Waals surface area contributed by atoms with Crippen LogP contribution >= 0.6 is 0 Å². The maximum Gasteiger partial charge on any atom is 0.277 e. The molecule has 98 valence electrons. The van der Waals surface area contributed by atoms with Crippen molar-refractivity contribution < 1.29 is 8.42 Å². The number of nitriles is 1. The zero-order valence-electron chi connectivity index (χ0n) is 10.2. The van der Waals surface area contributed by atoms with E-state index in [1.165, 1.54) is 25.2 Å². The number of nitrogens with zero attached hydrogens (tertiary/aromatic N) is 5. The highest BCUT2D eigenvalue weighted by atomic mass is 32.2. The van der Waals surface area contributed by atoms with Crippen LogP contribution in [0.2, 0.25) is 0 Å². The zero-order valence-corrected chi connectivity index (χ0v) is 11.0. The molecule has 0 saturated carbocycles. The molecule has 2 aromatic rings. The molecule has 0 fully saturated rings. The van der Waals surface area contributed by atoms with Gasteiger partial charge in [0.25, 0.3) is 16.0 Å². The lowest BCUT2D eigenvalue weighted by molar-refractivity contribution is 0.600. The van der Waals surface area contributed by atoms with Crippen LogP contribution in [0.15, 0.2) is 23.1 Å². The number of aromatic nitrogens is 4. The molecule has 19 heavy (non-hydrogen) atoms. The first-order chi connectivity index (χ1) is 8.92. The van der Waals surface area contributed by atoms with Gasteiger partial charge in [-0.3, -0.25) is 0 Å². The van der Waals surface area contributed by atoms with Gasteiger partial charge in [0, 0.05) is 0 Å². The van der Waals surface area contributed by atoms with E-state index in [2.05, 4.69) is 20.1 Å². The number of tetrazole rings is 1. The molecule has 1 aromatic heterocycles. The van der Waals surface area contributed by atoms with Gasteiger partial charge in [-0.15, -0.1) is 5.10 Å². The van der Waals surface area contributed by atoms with Gasteiger partial charge in [-0.2, -0.15) is 10.1 Å². The fraction of sp³-hybridized carbons (Fsp3) is 0.200. The molecule has 0 aliphatic carbocycles. The summed E-state index contributed by atoms with van der Waals surface area (Å²) >= 11 is 0. The molecule has 0 bridgehead atoms. The molecule has 8 nitrogen and oxygen atoms in total. The van der Waals surface area contributed by atoms with E-state index in [9.17, 15) is 8.42 Å². The fourth-order valence-corrected chi connectivity index (χ4v) is 2.68. The van der Waals surface area contributed by atoms with E-state index >= 15 is 0 Å². The Morgan fingerprint density at radius 1 is 1.42 bits per heavy atom. The van der Waals surface area contributed by atoms with Gasteiger partial charge in [-0.1, -0.05) is 5.10 Å². The van der Waals surface area contributed by atoms with Crippen molar-refractivity contribution >= 4 is 16.0 Å². The third kappa shape index (κ3) is 2.69. The van der Waals surface area contributed by atoms with Crippen molar-refractivity contribution in [3.8, 4) is 6.07 Å². The van der Waals surface area contributed by atoms with E-state index in [-0.39, 0.29) is 10.8 Å². The Hall–Kier alpha value is -2.47. The molecule has 0 saturated heterocycles. The fourth-order valence-electron chi connectivity index (χ4n) is 1.52. The van der Waals surface area contributed by atoms with Gasteiger partial charge in [-0.05, 0) is 35.9 Å². The summed E-state index contributed by atoms with van der Waals surface area (Å²) in [6.07, 6.45) is 0. The predicted octanol–water partition coefficient (Wildman–Crippen LogP) is 0.191. The Labute approximate surface area is 109 Å². The predicted molar refractivity (Wildman–Crippen MR) is 65.5 cm³/mol. The molecule has 0 aliphatic heterocycles. The molecule has 0 spiro atoms. The molecule has 9 heteroatoms. The first-order valence-electron chi connectivity index (χ1n) is 5.20.